The Labute approximate surface area is 172 Å². The van der Waals surface area contributed by atoms with Gasteiger partial charge in [-0.15, -0.1) is 21.1 Å². The molecule has 28 heavy (non-hydrogen) atoms. The molecule has 1 aliphatic rings. The number of thiophene rings is 1. The summed E-state index contributed by atoms with van der Waals surface area (Å²) < 4.78 is 5.18. The number of fused-ring (bicyclic) bond motifs is 1. The Morgan fingerprint density at radius 2 is 2.07 bits per heavy atom. The van der Waals surface area contributed by atoms with Gasteiger partial charge in [-0.2, -0.15) is 5.10 Å². The van der Waals surface area contributed by atoms with Crippen molar-refractivity contribution in [1.29, 1.82) is 0 Å². The summed E-state index contributed by atoms with van der Waals surface area (Å²) in [5, 5.41) is 10.5. The van der Waals surface area contributed by atoms with Gasteiger partial charge >= 0.3 is 0 Å². The molecule has 3 aromatic rings. The van der Waals surface area contributed by atoms with Crippen molar-refractivity contribution in [3.8, 4) is 10.4 Å². The van der Waals surface area contributed by atoms with E-state index in [1.165, 1.54) is 4.90 Å². The molecule has 1 aromatic carbocycles. The van der Waals surface area contributed by atoms with Crippen molar-refractivity contribution in [3.05, 3.63) is 46.7 Å². The molecule has 1 amide bonds. The van der Waals surface area contributed by atoms with E-state index in [0.717, 1.165) is 45.5 Å². The van der Waals surface area contributed by atoms with Crippen molar-refractivity contribution in [3.63, 3.8) is 0 Å². The van der Waals surface area contributed by atoms with Crippen LogP contribution in [0, 0.1) is 5.92 Å². The predicted octanol–water partition coefficient (Wildman–Crippen LogP) is 3.87. The van der Waals surface area contributed by atoms with Crippen molar-refractivity contribution in [1.82, 2.24) is 19.8 Å². The van der Waals surface area contributed by atoms with Gasteiger partial charge in [0.25, 0.3) is 18.3 Å². The quantitative estimate of drug-likeness (QED) is 0.612. The minimum absolute atomic E-state index is 0.137. The summed E-state index contributed by atoms with van der Waals surface area (Å²) in [5.74, 6) is 0.208. The van der Waals surface area contributed by atoms with Crippen LogP contribution in [0.3, 0.4) is 0 Å². The first-order valence-electron chi connectivity index (χ1n) is 9.14. The first kappa shape index (κ1) is 18.8. The third-order valence-electron chi connectivity index (χ3n) is 4.79. The normalized spacial score (nSPS) is 15.9. The third-order valence-corrected chi connectivity index (χ3v) is 6.23. The lowest BCUT2D eigenvalue weighted by molar-refractivity contribution is 0.0823. The zero-order valence-electron chi connectivity index (χ0n) is 15.7. The number of aromatic nitrogens is 2. The van der Waals surface area contributed by atoms with Gasteiger partial charge in [-0.25, -0.2) is 0 Å². The van der Waals surface area contributed by atoms with Gasteiger partial charge in [-0.3, -0.25) is 4.79 Å². The fourth-order valence-electron chi connectivity index (χ4n) is 3.27. The van der Waals surface area contributed by atoms with E-state index in [1.807, 2.05) is 36.7 Å². The van der Waals surface area contributed by atoms with Crippen molar-refractivity contribution in [2.45, 2.75) is 19.3 Å². The molecule has 0 aliphatic carbocycles. The molecule has 0 spiro atoms. The molecule has 1 aliphatic heterocycles. The van der Waals surface area contributed by atoms with Gasteiger partial charge in [0, 0.05) is 42.2 Å². The van der Waals surface area contributed by atoms with E-state index < -0.39 is 0 Å². The highest BCUT2D eigenvalue weighted by atomic mass is 35.5. The SMILES string of the molecule is CN(C)C(=O)c1nnc(CC2C=[N+]=CCC2)c2cc(-c3ccc(Cl)cc3)sc12. The first-order valence-corrected chi connectivity index (χ1v) is 10.3. The van der Waals surface area contributed by atoms with E-state index in [4.69, 9.17) is 11.6 Å². The largest absolute Gasteiger partial charge is 0.343 e. The molecule has 0 fully saturated rings. The Morgan fingerprint density at radius 1 is 1.29 bits per heavy atom. The second-order valence-electron chi connectivity index (χ2n) is 7.08. The van der Waals surface area contributed by atoms with Crippen molar-refractivity contribution < 1.29 is 4.79 Å². The molecule has 3 heterocycles. The van der Waals surface area contributed by atoms with Crippen molar-refractivity contribution >= 4 is 51.4 Å². The van der Waals surface area contributed by atoms with E-state index in [1.54, 1.807) is 25.4 Å². The summed E-state index contributed by atoms with van der Waals surface area (Å²) in [4.78, 5) is 15.2. The summed E-state index contributed by atoms with van der Waals surface area (Å²) >= 11 is 7.60. The fourth-order valence-corrected chi connectivity index (χ4v) is 4.56. The van der Waals surface area contributed by atoms with Gasteiger partial charge in [-0.1, -0.05) is 23.7 Å². The number of rotatable bonds is 4. The third kappa shape index (κ3) is 3.72. The predicted molar refractivity (Wildman–Crippen MR) is 117 cm³/mol. The van der Waals surface area contributed by atoms with Crippen LogP contribution in [0.1, 0.15) is 29.0 Å². The second kappa shape index (κ2) is 7.84. The minimum Gasteiger partial charge on any atom is -0.343 e. The van der Waals surface area contributed by atoms with Gasteiger partial charge in [0.1, 0.15) is 0 Å². The molecular weight excluding hydrogens is 392 g/mol. The summed E-state index contributed by atoms with van der Waals surface area (Å²) in [7, 11) is 3.46. The van der Waals surface area contributed by atoms with E-state index >= 15 is 0 Å². The monoisotopic (exact) mass is 411 g/mol. The van der Waals surface area contributed by atoms with E-state index in [9.17, 15) is 4.79 Å². The van der Waals surface area contributed by atoms with Crippen LogP contribution in [-0.2, 0) is 6.42 Å². The maximum atomic E-state index is 12.6. The molecule has 7 heteroatoms. The van der Waals surface area contributed by atoms with Crippen LogP contribution in [0.4, 0.5) is 0 Å². The summed E-state index contributed by atoms with van der Waals surface area (Å²) in [5.41, 5.74) is 2.38. The summed E-state index contributed by atoms with van der Waals surface area (Å²) in [6, 6.07) is 9.85. The number of halogens is 1. The Bertz CT molecular complexity index is 1100. The number of amides is 1. The Morgan fingerprint density at radius 3 is 2.75 bits per heavy atom. The number of carbonyl (C=O) groups excluding carboxylic acids is 1. The number of benzene rings is 1. The molecule has 142 valence electrons. The molecular formula is C21H20ClN4OS+. The summed E-state index contributed by atoms with van der Waals surface area (Å²) in [6.45, 7) is 0. The molecule has 4 rings (SSSR count). The Hall–Kier alpha value is -2.53. The highest BCUT2D eigenvalue weighted by Gasteiger charge is 2.23. The molecule has 0 radical (unpaired) electrons. The molecule has 2 aromatic heterocycles. The van der Waals surface area contributed by atoms with Crippen LogP contribution in [0.2, 0.25) is 5.02 Å². The van der Waals surface area contributed by atoms with Gasteiger partial charge in [0.05, 0.1) is 16.3 Å². The van der Waals surface area contributed by atoms with Crippen LogP contribution < -0.4 is 4.67 Å². The molecule has 0 bridgehead atoms. The number of hydrogen-bond acceptors (Lipinski definition) is 4. The van der Waals surface area contributed by atoms with Crippen LogP contribution in [-0.4, -0.2) is 47.5 Å². The van der Waals surface area contributed by atoms with Gasteiger partial charge < -0.3 is 4.90 Å². The van der Waals surface area contributed by atoms with Gasteiger partial charge in [-0.05, 0) is 30.2 Å². The highest BCUT2D eigenvalue weighted by Crippen LogP contribution is 2.37. The first-order chi connectivity index (χ1) is 13.5. The standard InChI is InChI=1S/C21H20ClN4OS/c1-26(2)21(27)19-20-16(11-18(28-20)14-5-7-15(22)8-6-14)17(24-25-19)10-13-4-3-9-23-12-13/h5-9,11-13H,3-4,10H2,1-2H3/q+1. The Balaban J connectivity index is 1.83. The minimum atomic E-state index is -0.137. The zero-order valence-corrected chi connectivity index (χ0v) is 17.3. The molecule has 1 atom stereocenters. The van der Waals surface area contributed by atoms with Crippen LogP contribution in [0.5, 0.6) is 0 Å². The van der Waals surface area contributed by atoms with E-state index in [2.05, 4.69) is 20.9 Å². The lowest BCUT2D eigenvalue weighted by Crippen LogP contribution is -2.23. The zero-order chi connectivity index (χ0) is 19.7. The fraction of sp³-hybridized carbons (Fsp3) is 0.286. The van der Waals surface area contributed by atoms with Gasteiger partial charge in [0.15, 0.2) is 5.69 Å². The van der Waals surface area contributed by atoms with Crippen molar-refractivity contribution in [2.24, 2.45) is 5.92 Å². The molecule has 1 unspecified atom stereocenters. The van der Waals surface area contributed by atoms with Crippen LogP contribution in [0.25, 0.3) is 20.5 Å². The number of nitrogens with zero attached hydrogens (tertiary/aromatic N) is 4. The maximum Gasteiger partial charge on any atom is 0.275 e. The lowest BCUT2D eigenvalue weighted by Gasteiger charge is -2.11. The van der Waals surface area contributed by atoms with Crippen LogP contribution in [0.15, 0.2) is 30.3 Å². The van der Waals surface area contributed by atoms with E-state index in [0.29, 0.717) is 16.6 Å². The van der Waals surface area contributed by atoms with E-state index in [-0.39, 0.29) is 5.91 Å². The lowest BCUT2D eigenvalue weighted by atomic mass is 9.96. The number of carbonyl (C=O) groups is 1. The topological polar surface area (TPSA) is 60.2 Å². The van der Waals surface area contributed by atoms with Gasteiger partial charge in [0.2, 0.25) is 0 Å². The smallest absolute Gasteiger partial charge is 0.275 e. The van der Waals surface area contributed by atoms with Crippen molar-refractivity contribution in [2.75, 3.05) is 14.1 Å². The molecule has 0 N–H and O–H groups in total. The van der Waals surface area contributed by atoms with Crippen LogP contribution >= 0.6 is 22.9 Å². The number of hydrogen-bond donors (Lipinski definition) is 0. The average Bonchev–Trinajstić information content (AvgIpc) is 3.15. The maximum absolute atomic E-state index is 12.6. The molecule has 0 saturated carbocycles. The second-order valence-corrected chi connectivity index (χ2v) is 8.57. The highest BCUT2D eigenvalue weighted by molar-refractivity contribution is 7.22. The average molecular weight is 412 g/mol. The summed E-state index contributed by atoms with van der Waals surface area (Å²) in [6.07, 6.45) is 6.74. The molecule has 5 nitrogen and oxygen atoms in total. The molecule has 0 saturated heterocycles. The Kier molecular flexibility index (Phi) is 5.27.